The van der Waals surface area contributed by atoms with E-state index in [-0.39, 0.29) is 5.56 Å². The number of carbonyl (C=O) groups excluding carboxylic acids is 2. The largest absolute Gasteiger partial charge is 0.496 e. The number of amides is 1. The van der Waals surface area contributed by atoms with Crippen molar-refractivity contribution < 1.29 is 19.1 Å². The summed E-state index contributed by atoms with van der Waals surface area (Å²) < 4.78 is 10.4. The van der Waals surface area contributed by atoms with E-state index in [0.717, 1.165) is 0 Å². The molecule has 6 nitrogen and oxygen atoms in total. The molecule has 0 fully saturated rings. The van der Waals surface area contributed by atoms with Crippen molar-refractivity contribution in [3.05, 3.63) is 23.9 Å². The lowest BCUT2D eigenvalue weighted by Gasteiger charge is -2.11. The summed E-state index contributed by atoms with van der Waals surface area (Å²) in [5, 5.41) is 2.90. The molecule has 1 amide bonds. The van der Waals surface area contributed by atoms with Crippen molar-refractivity contribution in [1.29, 1.82) is 0 Å². The Morgan fingerprint density at radius 1 is 1.21 bits per heavy atom. The molecule has 0 aliphatic carbocycles. The van der Waals surface area contributed by atoms with E-state index in [2.05, 4.69) is 10.3 Å². The maximum absolute atomic E-state index is 12.1. The van der Waals surface area contributed by atoms with Gasteiger partial charge in [0.25, 0.3) is 11.7 Å². The summed E-state index contributed by atoms with van der Waals surface area (Å²) in [4.78, 5) is 26.6. The van der Waals surface area contributed by atoms with E-state index in [1.54, 1.807) is 18.3 Å². The third-order valence-electron chi connectivity index (χ3n) is 2.87. The predicted molar refractivity (Wildman–Crippen MR) is 69.8 cm³/mol. The van der Waals surface area contributed by atoms with E-state index in [1.807, 2.05) is 0 Å². The molecule has 0 aliphatic heterocycles. The lowest BCUT2D eigenvalue weighted by atomic mass is 10.0. The Balaban J connectivity index is 2.74. The third kappa shape index (κ3) is 2.01. The minimum atomic E-state index is -0.689. The van der Waals surface area contributed by atoms with Crippen LogP contribution in [0.3, 0.4) is 0 Å². The summed E-state index contributed by atoms with van der Waals surface area (Å²) in [5.41, 5.74) is 0.870. The Bertz CT molecular complexity index is 645. The molecule has 6 heteroatoms. The molecule has 0 radical (unpaired) electrons. The number of methoxy groups -OCH3 is 2. The zero-order valence-corrected chi connectivity index (χ0v) is 10.9. The van der Waals surface area contributed by atoms with E-state index in [0.29, 0.717) is 22.4 Å². The van der Waals surface area contributed by atoms with Crippen molar-refractivity contribution in [2.24, 2.45) is 0 Å². The van der Waals surface area contributed by atoms with Gasteiger partial charge >= 0.3 is 0 Å². The predicted octanol–water partition coefficient (Wildman–Crippen LogP) is 1.11. The molecule has 0 saturated heterocycles. The van der Waals surface area contributed by atoms with Gasteiger partial charge in [0, 0.05) is 24.7 Å². The van der Waals surface area contributed by atoms with Gasteiger partial charge < -0.3 is 19.8 Å². The van der Waals surface area contributed by atoms with Gasteiger partial charge in [-0.2, -0.15) is 0 Å². The van der Waals surface area contributed by atoms with Crippen LogP contribution in [0.15, 0.2) is 18.3 Å². The molecule has 2 N–H and O–H groups in total. The Labute approximate surface area is 109 Å². The van der Waals surface area contributed by atoms with Gasteiger partial charge in [-0.3, -0.25) is 9.59 Å². The number of ether oxygens (including phenoxy) is 2. The number of carbonyl (C=O) groups is 2. The minimum absolute atomic E-state index is 0.221. The first-order valence-electron chi connectivity index (χ1n) is 5.62. The molecular formula is C13H14N2O4. The molecule has 19 heavy (non-hydrogen) atoms. The fourth-order valence-corrected chi connectivity index (χ4v) is 1.96. The number of likely N-dealkylation sites (N-methyl/N-ethyl adjacent to an activating group) is 1. The number of nitrogens with one attached hydrogen (secondary N) is 2. The molecule has 1 aromatic heterocycles. The first-order chi connectivity index (χ1) is 9.13. The maximum atomic E-state index is 12.1. The van der Waals surface area contributed by atoms with Gasteiger partial charge in [-0.15, -0.1) is 0 Å². The maximum Gasteiger partial charge on any atom is 0.292 e. The molecule has 0 atom stereocenters. The molecule has 1 heterocycles. The summed E-state index contributed by atoms with van der Waals surface area (Å²) in [7, 11) is 4.37. The topological polar surface area (TPSA) is 80.4 Å². The quantitative estimate of drug-likeness (QED) is 0.639. The number of H-pyrrole nitrogens is 1. The molecule has 0 aliphatic rings. The molecule has 0 unspecified atom stereocenters. The smallest absolute Gasteiger partial charge is 0.292 e. The van der Waals surface area contributed by atoms with Gasteiger partial charge in [0.1, 0.15) is 11.5 Å². The zero-order valence-electron chi connectivity index (χ0n) is 10.9. The van der Waals surface area contributed by atoms with Crippen LogP contribution >= 0.6 is 0 Å². The third-order valence-corrected chi connectivity index (χ3v) is 2.87. The molecule has 0 bridgehead atoms. The molecule has 0 spiro atoms. The Hall–Kier alpha value is -2.50. The first kappa shape index (κ1) is 12.9. The molecule has 2 rings (SSSR count). The number of hydrogen-bond acceptors (Lipinski definition) is 4. The van der Waals surface area contributed by atoms with Crippen LogP contribution < -0.4 is 14.8 Å². The number of aromatic amines is 1. The second-order valence-electron chi connectivity index (χ2n) is 3.83. The van der Waals surface area contributed by atoms with Gasteiger partial charge in [0.2, 0.25) is 0 Å². The van der Waals surface area contributed by atoms with Crippen molar-refractivity contribution in [3.8, 4) is 11.5 Å². The van der Waals surface area contributed by atoms with Gasteiger partial charge in [0.15, 0.2) is 0 Å². The van der Waals surface area contributed by atoms with E-state index in [1.165, 1.54) is 21.3 Å². The highest BCUT2D eigenvalue weighted by molar-refractivity contribution is 6.45. The molecular weight excluding hydrogens is 248 g/mol. The monoisotopic (exact) mass is 262 g/mol. The van der Waals surface area contributed by atoms with Crippen molar-refractivity contribution in [2.75, 3.05) is 21.3 Å². The summed E-state index contributed by atoms with van der Waals surface area (Å²) in [6, 6.07) is 3.28. The van der Waals surface area contributed by atoms with Gasteiger partial charge in [-0.1, -0.05) is 0 Å². The normalized spacial score (nSPS) is 10.3. The number of hydrogen-bond donors (Lipinski definition) is 2. The SMILES string of the molecule is CNC(=O)C(=O)c1c(OC)cc(OC)c2[nH]ccc12. The second-order valence-corrected chi connectivity index (χ2v) is 3.83. The van der Waals surface area contributed by atoms with Crippen LogP contribution in [0, 0.1) is 0 Å². The van der Waals surface area contributed by atoms with Crippen LogP contribution in [-0.2, 0) is 4.79 Å². The van der Waals surface area contributed by atoms with E-state index < -0.39 is 11.7 Å². The van der Waals surface area contributed by atoms with Crippen molar-refractivity contribution >= 4 is 22.6 Å². The second kappa shape index (κ2) is 5.01. The van der Waals surface area contributed by atoms with Crippen LogP contribution in [0.2, 0.25) is 0 Å². The van der Waals surface area contributed by atoms with Crippen LogP contribution in [-0.4, -0.2) is 37.9 Å². The highest BCUT2D eigenvalue weighted by atomic mass is 16.5. The highest BCUT2D eigenvalue weighted by Crippen LogP contribution is 2.35. The number of rotatable bonds is 4. The van der Waals surface area contributed by atoms with Gasteiger partial charge in [-0.25, -0.2) is 0 Å². The van der Waals surface area contributed by atoms with Crippen LogP contribution in [0.1, 0.15) is 10.4 Å². The van der Waals surface area contributed by atoms with Crippen molar-refractivity contribution in [1.82, 2.24) is 10.3 Å². The molecule has 1 aromatic carbocycles. The number of Topliss-reactive ketones (excluding diaryl/α,β-unsaturated/α-hetero) is 1. The van der Waals surface area contributed by atoms with Crippen LogP contribution in [0.25, 0.3) is 10.9 Å². The number of ketones is 1. The standard InChI is InChI=1S/C13H14N2O4/c1-14-13(17)12(16)10-7-4-5-15-11(7)9(19-3)6-8(10)18-2/h4-6,15H,1-3H3,(H,14,17). The van der Waals surface area contributed by atoms with Crippen molar-refractivity contribution in [3.63, 3.8) is 0 Å². The molecule has 2 aromatic rings. The first-order valence-corrected chi connectivity index (χ1v) is 5.62. The fourth-order valence-electron chi connectivity index (χ4n) is 1.96. The summed E-state index contributed by atoms with van der Waals surface area (Å²) >= 11 is 0. The summed E-state index contributed by atoms with van der Waals surface area (Å²) in [6.07, 6.45) is 1.67. The van der Waals surface area contributed by atoms with E-state index >= 15 is 0 Å². The number of fused-ring (bicyclic) bond motifs is 1. The zero-order chi connectivity index (χ0) is 14.0. The van der Waals surface area contributed by atoms with Crippen LogP contribution in [0.5, 0.6) is 11.5 Å². The minimum Gasteiger partial charge on any atom is -0.496 e. The van der Waals surface area contributed by atoms with Crippen molar-refractivity contribution in [2.45, 2.75) is 0 Å². The summed E-state index contributed by atoms with van der Waals surface area (Å²) in [5.74, 6) is -0.486. The molecule has 0 saturated carbocycles. The average Bonchev–Trinajstić information content (AvgIpc) is 2.92. The lowest BCUT2D eigenvalue weighted by molar-refractivity contribution is -0.116. The van der Waals surface area contributed by atoms with Gasteiger partial charge in [0.05, 0.1) is 25.3 Å². The Morgan fingerprint density at radius 2 is 1.89 bits per heavy atom. The summed E-state index contributed by atoms with van der Waals surface area (Å²) in [6.45, 7) is 0. The molecule has 100 valence electrons. The Morgan fingerprint density at radius 3 is 2.47 bits per heavy atom. The average molecular weight is 262 g/mol. The van der Waals surface area contributed by atoms with Crippen LogP contribution in [0.4, 0.5) is 0 Å². The highest BCUT2D eigenvalue weighted by Gasteiger charge is 2.24. The number of aromatic nitrogens is 1. The fraction of sp³-hybridized carbons (Fsp3) is 0.231. The number of benzene rings is 1. The van der Waals surface area contributed by atoms with Gasteiger partial charge in [-0.05, 0) is 6.07 Å². The Kier molecular flexibility index (Phi) is 3.41. The van der Waals surface area contributed by atoms with E-state index in [4.69, 9.17) is 9.47 Å². The van der Waals surface area contributed by atoms with E-state index in [9.17, 15) is 9.59 Å². The lowest BCUT2D eigenvalue weighted by Crippen LogP contribution is -2.28.